The van der Waals surface area contributed by atoms with E-state index in [2.05, 4.69) is 15.7 Å². The SMILES string of the molecule is Cc1cc(F)ccc1-n1ccc(C(=O)N[C@@H](C)c2ccc3c(c2)CCC(=O)N3)n1. The number of rotatable bonds is 4. The van der Waals surface area contributed by atoms with Crippen LogP contribution in [0.2, 0.25) is 0 Å². The van der Waals surface area contributed by atoms with E-state index in [1.165, 1.54) is 12.1 Å². The summed E-state index contributed by atoms with van der Waals surface area (Å²) in [5, 5.41) is 10.1. The third-order valence-corrected chi connectivity index (χ3v) is 5.10. The van der Waals surface area contributed by atoms with Crippen molar-refractivity contribution >= 4 is 17.5 Å². The highest BCUT2D eigenvalue weighted by atomic mass is 19.1. The highest BCUT2D eigenvalue weighted by Crippen LogP contribution is 2.26. The maximum absolute atomic E-state index is 13.3. The van der Waals surface area contributed by atoms with Crippen molar-refractivity contribution in [2.75, 3.05) is 5.32 Å². The smallest absolute Gasteiger partial charge is 0.272 e. The lowest BCUT2D eigenvalue weighted by atomic mass is 9.98. The first kappa shape index (κ1) is 18.9. The average molecular weight is 392 g/mol. The van der Waals surface area contributed by atoms with Crippen molar-refractivity contribution in [3.8, 4) is 5.69 Å². The van der Waals surface area contributed by atoms with E-state index in [1.807, 2.05) is 25.1 Å². The Morgan fingerprint density at radius 3 is 2.83 bits per heavy atom. The summed E-state index contributed by atoms with van der Waals surface area (Å²) in [6, 6.07) is 11.6. The minimum Gasteiger partial charge on any atom is -0.344 e. The minimum absolute atomic E-state index is 0.0265. The molecule has 0 spiro atoms. The molecule has 1 aromatic heterocycles. The first-order chi connectivity index (χ1) is 13.9. The van der Waals surface area contributed by atoms with Gasteiger partial charge in [0.15, 0.2) is 5.69 Å². The van der Waals surface area contributed by atoms with Gasteiger partial charge in [-0.1, -0.05) is 12.1 Å². The summed E-state index contributed by atoms with van der Waals surface area (Å²) in [4.78, 5) is 24.1. The van der Waals surface area contributed by atoms with Crippen molar-refractivity contribution in [1.82, 2.24) is 15.1 Å². The van der Waals surface area contributed by atoms with Gasteiger partial charge in [0, 0.05) is 18.3 Å². The second-order valence-corrected chi connectivity index (χ2v) is 7.24. The largest absolute Gasteiger partial charge is 0.344 e. The number of halogens is 1. The molecule has 0 fully saturated rings. The molecule has 2 heterocycles. The number of carbonyl (C=O) groups excluding carboxylic acids is 2. The highest BCUT2D eigenvalue weighted by Gasteiger charge is 2.18. The summed E-state index contributed by atoms with van der Waals surface area (Å²) < 4.78 is 14.9. The van der Waals surface area contributed by atoms with Crippen LogP contribution in [-0.4, -0.2) is 21.6 Å². The lowest BCUT2D eigenvalue weighted by Gasteiger charge is -2.20. The molecule has 6 nitrogen and oxygen atoms in total. The number of fused-ring (bicyclic) bond motifs is 1. The fourth-order valence-corrected chi connectivity index (χ4v) is 3.48. The van der Waals surface area contributed by atoms with Crippen LogP contribution in [-0.2, 0) is 11.2 Å². The number of nitrogens with one attached hydrogen (secondary N) is 2. The summed E-state index contributed by atoms with van der Waals surface area (Å²) in [5.74, 6) is -0.574. The van der Waals surface area contributed by atoms with E-state index in [0.29, 0.717) is 12.8 Å². The number of nitrogens with zero attached hydrogens (tertiary/aromatic N) is 2. The van der Waals surface area contributed by atoms with E-state index in [0.717, 1.165) is 28.1 Å². The molecule has 0 saturated heterocycles. The van der Waals surface area contributed by atoms with Crippen molar-refractivity contribution in [2.45, 2.75) is 32.7 Å². The molecule has 4 rings (SSSR count). The van der Waals surface area contributed by atoms with Gasteiger partial charge < -0.3 is 10.6 Å². The van der Waals surface area contributed by atoms with E-state index in [1.54, 1.807) is 29.9 Å². The Labute approximate surface area is 167 Å². The molecule has 1 atom stereocenters. The average Bonchev–Trinajstić information content (AvgIpc) is 3.17. The van der Waals surface area contributed by atoms with Crippen molar-refractivity contribution in [3.63, 3.8) is 0 Å². The van der Waals surface area contributed by atoms with Gasteiger partial charge in [-0.25, -0.2) is 9.07 Å². The third kappa shape index (κ3) is 3.89. The van der Waals surface area contributed by atoms with Crippen molar-refractivity contribution < 1.29 is 14.0 Å². The second-order valence-electron chi connectivity index (χ2n) is 7.24. The fraction of sp³-hybridized carbons (Fsp3) is 0.227. The summed E-state index contributed by atoms with van der Waals surface area (Å²) in [5.41, 5.74) is 4.59. The summed E-state index contributed by atoms with van der Waals surface area (Å²) in [7, 11) is 0. The molecular formula is C22H21FN4O2. The maximum atomic E-state index is 13.3. The first-order valence-corrected chi connectivity index (χ1v) is 9.46. The van der Waals surface area contributed by atoms with Gasteiger partial charge in [-0.15, -0.1) is 0 Å². The lowest BCUT2D eigenvalue weighted by Crippen LogP contribution is -2.27. The van der Waals surface area contributed by atoms with Gasteiger partial charge in [-0.2, -0.15) is 5.10 Å². The predicted molar refractivity (Wildman–Crippen MR) is 108 cm³/mol. The van der Waals surface area contributed by atoms with E-state index < -0.39 is 0 Å². The molecule has 0 radical (unpaired) electrons. The van der Waals surface area contributed by atoms with Gasteiger partial charge in [-0.3, -0.25) is 9.59 Å². The highest BCUT2D eigenvalue weighted by molar-refractivity contribution is 5.94. The van der Waals surface area contributed by atoms with Crippen LogP contribution in [0.5, 0.6) is 0 Å². The van der Waals surface area contributed by atoms with Crippen molar-refractivity contribution in [2.24, 2.45) is 0 Å². The van der Waals surface area contributed by atoms with Crippen LogP contribution in [0.4, 0.5) is 10.1 Å². The molecule has 3 aromatic rings. The molecule has 0 saturated carbocycles. The Kier molecular flexibility index (Phi) is 4.88. The quantitative estimate of drug-likeness (QED) is 0.711. The minimum atomic E-state index is -0.310. The zero-order chi connectivity index (χ0) is 20.5. The number of aromatic nitrogens is 2. The van der Waals surface area contributed by atoms with Crippen LogP contribution in [0.3, 0.4) is 0 Å². The van der Waals surface area contributed by atoms with Gasteiger partial charge in [0.05, 0.1) is 11.7 Å². The maximum Gasteiger partial charge on any atom is 0.272 e. The normalized spacial score (nSPS) is 14.1. The second kappa shape index (κ2) is 7.50. The Balaban J connectivity index is 1.48. The van der Waals surface area contributed by atoms with Gasteiger partial charge in [0.25, 0.3) is 5.91 Å². The van der Waals surface area contributed by atoms with Crippen LogP contribution < -0.4 is 10.6 Å². The molecule has 148 valence electrons. The standard InChI is InChI=1S/C22H21FN4O2/c1-13-11-17(23)5-7-20(13)27-10-9-19(26-27)22(29)24-14(2)15-3-6-18-16(12-15)4-8-21(28)25-18/h3,5-7,9-12,14H,4,8H2,1-2H3,(H,24,29)(H,25,28)/t14-/m0/s1. The predicted octanol–water partition coefficient (Wildman–Crippen LogP) is 3.70. The zero-order valence-electron chi connectivity index (χ0n) is 16.2. The summed E-state index contributed by atoms with van der Waals surface area (Å²) in [6.45, 7) is 3.70. The number of aryl methyl sites for hydroxylation is 2. The van der Waals surface area contributed by atoms with E-state index in [4.69, 9.17) is 0 Å². The molecule has 7 heteroatoms. The molecule has 1 aliphatic heterocycles. The van der Waals surface area contributed by atoms with E-state index >= 15 is 0 Å². The molecule has 0 aliphatic carbocycles. The Morgan fingerprint density at radius 2 is 2.03 bits per heavy atom. The molecular weight excluding hydrogens is 371 g/mol. The van der Waals surface area contributed by atoms with Crippen molar-refractivity contribution in [3.05, 3.63) is 76.9 Å². The number of amides is 2. The zero-order valence-corrected chi connectivity index (χ0v) is 16.2. The Bertz CT molecular complexity index is 1110. The molecule has 0 unspecified atom stereocenters. The third-order valence-electron chi connectivity index (χ3n) is 5.10. The van der Waals surface area contributed by atoms with E-state index in [-0.39, 0.29) is 29.4 Å². The molecule has 29 heavy (non-hydrogen) atoms. The summed E-state index contributed by atoms with van der Waals surface area (Å²) in [6.07, 6.45) is 2.84. The molecule has 2 amide bonds. The summed E-state index contributed by atoms with van der Waals surface area (Å²) >= 11 is 0. The number of hydrogen-bond donors (Lipinski definition) is 2. The lowest BCUT2D eigenvalue weighted by molar-refractivity contribution is -0.116. The monoisotopic (exact) mass is 392 g/mol. The van der Waals surface area contributed by atoms with Crippen LogP contribution in [0.1, 0.15) is 46.6 Å². The number of benzene rings is 2. The number of anilines is 1. The molecule has 0 bridgehead atoms. The van der Waals surface area contributed by atoms with Gasteiger partial charge in [0.2, 0.25) is 5.91 Å². The molecule has 1 aliphatic rings. The van der Waals surface area contributed by atoms with Crippen LogP contribution >= 0.6 is 0 Å². The van der Waals surface area contributed by atoms with E-state index in [9.17, 15) is 14.0 Å². The fourth-order valence-electron chi connectivity index (χ4n) is 3.48. The van der Waals surface area contributed by atoms with Crippen LogP contribution in [0.15, 0.2) is 48.7 Å². The first-order valence-electron chi connectivity index (χ1n) is 9.46. The molecule has 2 aromatic carbocycles. The number of carbonyl (C=O) groups is 2. The van der Waals surface area contributed by atoms with Gasteiger partial charge in [-0.05, 0) is 67.3 Å². The Morgan fingerprint density at radius 1 is 1.21 bits per heavy atom. The van der Waals surface area contributed by atoms with Crippen LogP contribution in [0, 0.1) is 12.7 Å². The van der Waals surface area contributed by atoms with Crippen molar-refractivity contribution in [1.29, 1.82) is 0 Å². The molecule has 2 N–H and O–H groups in total. The Hall–Kier alpha value is -3.48. The van der Waals surface area contributed by atoms with Crippen LogP contribution in [0.25, 0.3) is 5.69 Å². The van der Waals surface area contributed by atoms with Gasteiger partial charge >= 0.3 is 0 Å². The van der Waals surface area contributed by atoms with Gasteiger partial charge in [0.1, 0.15) is 5.82 Å². The number of hydrogen-bond acceptors (Lipinski definition) is 3. The topological polar surface area (TPSA) is 76.0 Å².